The van der Waals surface area contributed by atoms with Crippen molar-refractivity contribution in [3.05, 3.63) is 0 Å². The third-order valence-corrected chi connectivity index (χ3v) is 4.11. The number of nitrogens with one attached hydrogen (secondary N) is 1. The molecule has 0 spiro atoms. The molecule has 0 radical (unpaired) electrons. The highest BCUT2D eigenvalue weighted by molar-refractivity contribution is 4.90. The van der Waals surface area contributed by atoms with Gasteiger partial charge in [-0.3, -0.25) is 9.80 Å². The lowest BCUT2D eigenvalue weighted by atomic mass is 10.0. The van der Waals surface area contributed by atoms with E-state index in [1.807, 2.05) is 0 Å². The van der Waals surface area contributed by atoms with E-state index in [2.05, 4.69) is 35.9 Å². The van der Waals surface area contributed by atoms with E-state index in [0.29, 0.717) is 6.04 Å². The average Bonchev–Trinajstić information content (AvgIpc) is 2.27. The Morgan fingerprint density at radius 1 is 1.35 bits per heavy atom. The van der Waals surface area contributed by atoms with Crippen LogP contribution in [0.1, 0.15) is 20.8 Å². The standard InChI is InChI=1S/C13H27N3O/c1-4-16-6-5-15(9-12(16)2)7-8-17-13(3)10-14-11-13/h12,14H,4-11H2,1-3H3. The molecule has 17 heavy (non-hydrogen) atoms. The van der Waals surface area contributed by atoms with E-state index in [1.165, 1.54) is 26.2 Å². The first-order valence-electron chi connectivity index (χ1n) is 6.94. The summed E-state index contributed by atoms with van der Waals surface area (Å²) in [5.41, 5.74) is 0.108. The molecule has 2 heterocycles. The summed E-state index contributed by atoms with van der Waals surface area (Å²) in [5.74, 6) is 0. The van der Waals surface area contributed by atoms with Crippen molar-refractivity contribution in [1.29, 1.82) is 0 Å². The second kappa shape index (κ2) is 5.65. The maximum absolute atomic E-state index is 5.94. The molecule has 2 saturated heterocycles. The molecule has 4 heteroatoms. The molecule has 0 aromatic rings. The monoisotopic (exact) mass is 241 g/mol. The number of hydrogen-bond acceptors (Lipinski definition) is 4. The van der Waals surface area contributed by atoms with Crippen LogP contribution in [0.2, 0.25) is 0 Å². The van der Waals surface area contributed by atoms with E-state index in [0.717, 1.165) is 26.2 Å². The lowest BCUT2D eigenvalue weighted by Crippen LogP contribution is -2.59. The van der Waals surface area contributed by atoms with Crippen molar-refractivity contribution in [2.45, 2.75) is 32.4 Å². The zero-order valence-corrected chi connectivity index (χ0v) is 11.5. The van der Waals surface area contributed by atoms with E-state index < -0.39 is 0 Å². The minimum atomic E-state index is 0.108. The predicted molar refractivity (Wildman–Crippen MR) is 70.4 cm³/mol. The number of nitrogens with zero attached hydrogens (tertiary/aromatic N) is 2. The smallest absolute Gasteiger partial charge is 0.0902 e. The molecular formula is C13H27N3O. The Kier molecular flexibility index (Phi) is 4.42. The van der Waals surface area contributed by atoms with Gasteiger partial charge in [0, 0.05) is 45.3 Å². The third kappa shape index (κ3) is 3.41. The summed E-state index contributed by atoms with van der Waals surface area (Å²) < 4.78 is 5.94. The maximum atomic E-state index is 5.94. The molecule has 0 amide bonds. The van der Waals surface area contributed by atoms with Crippen molar-refractivity contribution in [1.82, 2.24) is 15.1 Å². The summed E-state index contributed by atoms with van der Waals surface area (Å²) in [4.78, 5) is 5.08. The summed E-state index contributed by atoms with van der Waals surface area (Å²) in [6, 6.07) is 0.690. The predicted octanol–water partition coefficient (Wildman–Crippen LogP) is 0.391. The Bertz CT molecular complexity index is 243. The number of hydrogen-bond donors (Lipinski definition) is 1. The van der Waals surface area contributed by atoms with Crippen LogP contribution in [0, 0.1) is 0 Å². The first-order chi connectivity index (χ1) is 8.13. The lowest BCUT2D eigenvalue weighted by molar-refractivity contribution is -0.0754. The maximum Gasteiger partial charge on any atom is 0.0902 e. The largest absolute Gasteiger partial charge is 0.371 e. The molecule has 0 bridgehead atoms. The molecule has 4 nitrogen and oxygen atoms in total. The minimum Gasteiger partial charge on any atom is -0.371 e. The molecule has 0 aromatic heterocycles. The van der Waals surface area contributed by atoms with Crippen molar-refractivity contribution in [3.63, 3.8) is 0 Å². The van der Waals surface area contributed by atoms with Gasteiger partial charge < -0.3 is 10.1 Å². The fraction of sp³-hybridized carbons (Fsp3) is 1.00. The van der Waals surface area contributed by atoms with E-state index >= 15 is 0 Å². The summed E-state index contributed by atoms with van der Waals surface area (Å²) in [7, 11) is 0. The molecule has 0 saturated carbocycles. The van der Waals surface area contributed by atoms with Crippen molar-refractivity contribution in [3.8, 4) is 0 Å². The third-order valence-electron chi connectivity index (χ3n) is 4.11. The Balaban J connectivity index is 1.63. The number of likely N-dealkylation sites (N-methyl/N-ethyl adjacent to an activating group) is 1. The molecule has 1 atom stereocenters. The fourth-order valence-corrected chi connectivity index (χ4v) is 2.74. The normalized spacial score (nSPS) is 30.2. The van der Waals surface area contributed by atoms with Crippen molar-refractivity contribution >= 4 is 0 Å². The second-order valence-electron chi connectivity index (χ2n) is 5.68. The van der Waals surface area contributed by atoms with Crippen LogP contribution in [-0.4, -0.2) is 73.9 Å². The lowest BCUT2D eigenvalue weighted by Gasteiger charge is -2.41. The average molecular weight is 241 g/mol. The number of rotatable bonds is 5. The van der Waals surface area contributed by atoms with Gasteiger partial charge >= 0.3 is 0 Å². The Morgan fingerprint density at radius 3 is 2.65 bits per heavy atom. The van der Waals surface area contributed by atoms with Gasteiger partial charge in [-0.05, 0) is 20.4 Å². The van der Waals surface area contributed by atoms with Gasteiger partial charge in [0.15, 0.2) is 0 Å². The van der Waals surface area contributed by atoms with Gasteiger partial charge in [0.2, 0.25) is 0 Å². The molecule has 2 aliphatic heterocycles. The topological polar surface area (TPSA) is 27.7 Å². The van der Waals surface area contributed by atoms with Gasteiger partial charge in [-0.15, -0.1) is 0 Å². The number of ether oxygens (including phenoxy) is 1. The van der Waals surface area contributed by atoms with Crippen LogP contribution in [0.4, 0.5) is 0 Å². The molecule has 0 aromatic carbocycles. The zero-order chi connectivity index (χ0) is 12.3. The molecule has 2 rings (SSSR count). The fourth-order valence-electron chi connectivity index (χ4n) is 2.74. The minimum absolute atomic E-state index is 0.108. The quantitative estimate of drug-likeness (QED) is 0.754. The van der Waals surface area contributed by atoms with Crippen LogP contribution in [0.3, 0.4) is 0 Å². The molecule has 2 fully saturated rings. The highest BCUT2D eigenvalue weighted by atomic mass is 16.5. The summed E-state index contributed by atoms with van der Waals surface area (Å²) in [5, 5.41) is 3.27. The van der Waals surface area contributed by atoms with Crippen LogP contribution in [0.15, 0.2) is 0 Å². The molecule has 0 aliphatic carbocycles. The van der Waals surface area contributed by atoms with Gasteiger partial charge in [0.05, 0.1) is 12.2 Å². The van der Waals surface area contributed by atoms with E-state index in [-0.39, 0.29) is 5.60 Å². The van der Waals surface area contributed by atoms with Crippen LogP contribution >= 0.6 is 0 Å². The van der Waals surface area contributed by atoms with E-state index in [4.69, 9.17) is 4.74 Å². The summed E-state index contributed by atoms with van der Waals surface area (Å²) in [6.45, 7) is 15.5. The first kappa shape index (κ1) is 13.3. The molecule has 100 valence electrons. The first-order valence-corrected chi connectivity index (χ1v) is 6.94. The molecular weight excluding hydrogens is 214 g/mol. The number of piperazine rings is 1. The highest BCUT2D eigenvalue weighted by Crippen LogP contribution is 2.15. The van der Waals surface area contributed by atoms with Gasteiger partial charge in [-0.1, -0.05) is 6.92 Å². The molecule has 2 aliphatic rings. The molecule has 1 unspecified atom stereocenters. The highest BCUT2D eigenvalue weighted by Gasteiger charge is 2.32. The molecule has 1 N–H and O–H groups in total. The van der Waals surface area contributed by atoms with Crippen LogP contribution in [0.25, 0.3) is 0 Å². The van der Waals surface area contributed by atoms with E-state index in [9.17, 15) is 0 Å². The van der Waals surface area contributed by atoms with Gasteiger partial charge in [-0.25, -0.2) is 0 Å². The van der Waals surface area contributed by atoms with Crippen molar-refractivity contribution in [2.24, 2.45) is 0 Å². The van der Waals surface area contributed by atoms with Gasteiger partial charge in [-0.2, -0.15) is 0 Å². The van der Waals surface area contributed by atoms with Crippen LogP contribution in [0.5, 0.6) is 0 Å². The zero-order valence-electron chi connectivity index (χ0n) is 11.5. The summed E-state index contributed by atoms with van der Waals surface area (Å²) in [6.07, 6.45) is 0. The SMILES string of the molecule is CCN1CCN(CCOC2(C)CNC2)CC1C. The Morgan fingerprint density at radius 2 is 2.12 bits per heavy atom. The van der Waals surface area contributed by atoms with Crippen molar-refractivity contribution in [2.75, 3.05) is 52.4 Å². The van der Waals surface area contributed by atoms with Crippen LogP contribution in [-0.2, 0) is 4.74 Å². The Labute approximate surface area is 105 Å². The van der Waals surface area contributed by atoms with E-state index in [1.54, 1.807) is 0 Å². The van der Waals surface area contributed by atoms with Gasteiger partial charge in [0.1, 0.15) is 0 Å². The Hall–Kier alpha value is -0.160. The summed E-state index contributed by atoms with van der Waals surface area (Å²) >= 11 is 0. The van der Waals surface area contributed by atoms with Crippen molar-refractivity contribution < 1.29 is 4.74 Å². The van der Waals surface area contributed by atoms with Crippen LogP contribution < -0.4 is 5.32 Å². The van der Waals surface area contributed by atoms with Gasteiger partial charge in [0.25, 0.3) is 0 Å². The second-order valence-corrected chi connectivity index (χ2v) is 5.68.